The molecule has 1 N–H and O–H groups in total. The van der Waals surface area contributed by atoms with E-state index in [0.29, 0.717) is 22.6 Å². The molecule has 21 heavy (non-hydrogen) atoms. The van der Waals surface area contributed by atoms with Gasteiger partial charge in [-0.1, -0.05) is 0 Å². The summed E-state index contributed by atoms with van der Waals surface area (Å²) in [5, 5.41) is 12.1. The Morgan fingerprint density at radius 2 is 1.76 bits per heavy atom. The average Bonchev–Trinajstić information content (AvgIpc) is 2.38. The van der Waals surface area contributed by atoms with Gasteiger partial charge in [0, 0.05) is 11.4 Å². The molecule has 2 rings (SSSR count). The number of rotatable bonds is 2. The SMILES string of the molecule is Cc1cc(Nc2ccc(C(F)(F)F)cc2)c(C#N)c(C)n1. The van der Waals surface area contributed by atoms with Gasteiger partial charge in [0.15, 0.2) is 0 Å². The Kier molecular flexibility index (Phi) is 3.85. The molecule has 2 aromatic rings. The van der Waals surface area contributed by atoms with Gasteiger partial charge in [0.05, 0.1) is 22.5 Å². The van der Waals surface area contributed by atoms with Crippen molar-refractivity contribution in [1.29, 1.82) is 5.26 Å². The molecule has 0 aliphatic heterocycles. The maximum absolute atomic E-state index is 12.5. The van der Waals surface area contributed by atoms with Crippen molar-refractivity contribution >= 4 is 11.4 Å². The number of halogens is 3. The third kappa shape index (κ3) is 3.31. The number of aromatic nitrogens is 1. The Morgan fingerprint density at radius 3 is 2.29 bits per heavy atom. The summed E-state index contributed by atoms with van der Waals surface area (Å²) < 4.78 is 37.5. The zero-order valence-electron chi connectivity index (χ0n) is 11.4. The molecule has 1 aromatic carbocycles. The van der Waals surface area contributed by atoms with E-state index in [0.717, 1.165) is 17.8 Å². The number of hydrogen-bond acceptors (Lipinski definition) is 3. The van der Waals surface area contributed by atoms with Gasteiger partial charge in [-0.15, -0.1) is 0 Å². The van der Waals surface area contributed by atoms with Gasteiger partial charge < -0.3 is 5.32 Å². The summed E-state index contributed by atoms with van der Waals surface area (Å²) in [6, 6.07) is 8.37. The van der Waals surface area contributed by atoms with E-state index < -0.39 is 11.7 Å². The molecule has 1 aromatic heterocycles. The first-order chi connectivity index (χ1) is 9.81. The summed E-state index contributed by atoms with van der Waals surface area (Å²) in [5.41, 5.74) is 1.97. The molecule has 0 spiro atoms. The first kappa shape index (κ1) is 14.9. The van der Waals surface area contributed by atoms with Gasteiger partial charge in [-0.2, -0.15) is 18.4 Å². The van der Waals surface area contributed by atoms with Crippen LogP contribution in [0, 0.1) is 25.2 Å². The number of nitrogens with zero attached hydrogens (tertiary/aromatic N) is 2. The van der Waals surface area contributed by atoms with Gasteiger partial charge in [0.2, 0.25) is 0 Å². The summed E-state index contributed by atoms with van der Waals surface area (Å²) in [6.07, 6.45) is -4.36. The second kappa shape index (κ2) is 5.44. The number of anilines is 2. The summed E-state index contributed by atoms with van der Waals surface area (Å²) in [5.74, 6) is 0. The number of alkyl halides is 3. The van der Waals surface area contributed by atoms with Crippen molar-refractivity contribution in [3.05, 3.63) is 52.8 Å². The lowest BCUT2D eigenvalue weighted by molar-refractivity contribution is -0.137. The summed E-state index contributed by atoms with van der Waals surface area (Å²) >= 11 is 0. The lowest BCUT2D eigenvalue weighted by atomic mass is 10.1. The normalized spacial score (nSPS) is 11.0. The van der Waals surface area contributed by atoms with E-state index in [1.807, 2.05) is 6.07 Å². The van der Waals surface area contributed by atoms with Gasteiger partial charge in [0.1, 0.15) is 6.07 Å². The van der Waals surface area contributed by atoms with Crippen molar-refractivity contribution in [1.82, 2.24) is 4.98 Å². The van der Waals surface area contributed by atoms with Crippen LogP contribution in [-0.2, 0) is 6.18 Å². The Balaban J connectivity index is 2.33. The van der Waals surface area contributed by atoms with Crippen LogP contribution in [0.25, 0.3) is 0 Å². The minimum atomic E-state index is -4.36. The molecule has 0 unspecified atom stereocenters. The summed E-state index contributed by atoms with van der Waals surface area (Å²) in [6.45, 7) is 3.50. The number of pyridine rings is 1. The van der Waals surface area contributed by atoms with Gasteiger partial charge in [-0.25, -0.2) is 0 Å². The molecule has 108 valence electrons. The van der Waals surface area contributed by atoms with Crippen molar-refractivity contribution in [2.75, 3.05) is 5.32 Å². The molecular weight excluding hydrogens is 279 g/mol. The highest BCUT2D eigenvalue weighted by atomic mass is 19.4. The molecule has 1 heterocycles. The molecule has 0 saturated carbocycles. The Labute approximate surface area is 120 Å². The van der Waals surface area contributed by atoms with Gasteiger partial charge in [-0.3, -0.25) is 4.98 Å². The average molecular weight is 291 g/mol. The van der Waals surface area contributed by atoms with Crippen LogP contribution in [0.3, 0.4) is 0 Å². The monoisotopic (exact) mass is 291 g/mol. The Hall–Kier alpha value is -2.55. The molecule has 6 heteroatoms. The zero-order chi connectivity index (χ0) is 15.6. The smallest absolute Gasteiger partial charge is 0.354 e. The molecule has 0 fully saturated rings. The van der Waals surface area contributed by atoms with Crippen molar-refractivity contribution in [3.8, 4) is 6.07 Å². The fourth-order valence-electron chi connectivity index (χ4n) is 1.97. The third-order valence-corrected chi connectivity index (χ3v) is 2.93. The fourth-order valence-corrected chi connectivity index (χ4v) is 1.97. The van der Waals surface area contributed by atoms with E-state index >= 15 is 0 Å². The zero-order valence-corrected chi connectivity index (χ0v) is 11.4. The van der Waals surface area contributed by atoms with Crippen molar-refractivity contribution in [2.45, 2.75) is 20.0 Å². The maximum atomic E-state index is 12.5. The summed E-state index contributed by atoms with van der Waals surface area (Å²) in [4.78, 5) is 4.18. The van der Waals surface area contributed by atoms with Crippen molar-refractivity contribution < 1.29 is 13.2 Å². The largest absolute Gasteiger partial charge is 0.416 e. The van der Waals surface area contributed by atoms with Crippen LogP contribution >= 0.6 is 0 Å². The molecular formula is C15H12F3N3. The molecule has 0 radical (unpaired) electrons. The molecule has 0 amide bonds. The first-order valence-electron chi connectivity index (χ1n) is 6.14. The second-order valence-electron chi connectivity index (χ2n) is 4.58. The third-order valence-electron chi connectivity index (χ3n) is 2.93. The van der Waals surface area contributed by atoms with Gasteiger partial charge in [0.25, 0.3) is 0 Å². The number of benzene rings is 1. The van der Waals surface area contributed by atoms with Crippen LogP contribution in [0.5, 0.6) is 0 Å². The maximum Gasteiger partial charge on any atom is 0.416 e. The molecule has 0 atom stereocenters. The topological polar surface area (TPSA) is 48.7 Å². The predicted octanol–water partition coefficient (Wildman–Crippen LogP) is 4.33. The predicted molar refractivity (Wildman–Crippen MR) is 73.2 cm³/mol. The standard InChI is InChI=1S/C15H12F3N3/c1-9-7-14(13(8-19)10(2)20-9)21-12-5-3-11(4-6-12)15(16,17)18/h3-7H,1-2H3,(H,20,21). The molecule has 3 nitrogen and oxygen atoms in total. The first-order valence-corrected chi connectivity index (χ1v) is 6.14. The van der Waals surface area contributed by atoms with E-state index in [4.69, 9.17) is 5.26 Å². The fraction of sp³-hybridized carbons (Fsp3) is 0.200. The van der Waals surface area contributed by atoms with Crippen LogP contribution in [0.1, 0.15) is 22.5 Å². The quantitative estimate of drug-likeness (QED) is 0.895. The minimum absolute atomic E-state index is 0.375. The minimum Gasteiger partial charge on any atom is -0.354 e. The highest BCUT2D eigenvalue weighted by Gasteiger charge is 2.29. The van der Waals surface area contributed by atoms with Crippen LogP contribution in [-0.4, -0.2) is 4.98 Å². The second-order valence-corrected chi connectivity index (χ2v) is 4.58. The van der Waals surface area contributed by atoms with Crippen LogP contribution in [0.4, 0.5) is 24.5 Å². The highest BCUT2D eigenvalue weighted by Crippen LogP contribution is 2.31. The van der Waals surface area contributed by atoms with E-state index in [1.165, 1.54) is 12.1 Å². The van der Waals surface area contributed by atoms with Gasteiger partial charge in [-0.05, 0) is 44.2 Å². The van der Waals surface area contributed by atoms with Crippen molar-refractivity contribution in [3.63, 3.8) is 0 Å². The van der Waals surface area contributed by atoms with Gasteiger partial charge >= 0.3 is 6.18 Å². The van der Waals surface area contributed by atoms with Crippen LogP contribution < -0.4 is 5.32 Å². The summed E-state index contributed by atoms with van der Waals surface area (Å²) in [7, 11) is 0. The number of aryl methyl sites for hydroxylation is 2. The molecule has 0 saturated heterocycles. The molecule has 0 aliphatic carbocycles. The van der Waals surface area contributed by atoms with E-state index in [1.54, 1.807) is 19.9 Å². The number of hydrogen-bond donors (Lipinski definition) is 1. The number of nitriles is 1. The highest BCUT2D eigenvalue weighted by molar-refractivity contribution is 5.68. The Morgan fingerprint density at radius 1 is 1.14 bits per heavy atom. The molecule has 0 bridgehead atoms. The van der Waals surface area contributed by atoms with Crippen LogP contribution in [0.2, 0.25) is 0 Å². The lowest BCUT2D eigenvalue weighted by Gasteiger charge is -2.12. The number of nitrogens with one attached hydrogen (secondary N) is 1. The van der Waals surface area contributed by atoms with Crippen molar-refractivity contribution in [2.24, 2.45) is 0 Å². The van der Waals surface area contributed by atoms with E-state index in [-0.39, 0.29) is 0 Å². The lowest BCUT2D eigenvalue weighted by Crippen LogP contribution is -2.05. The molecule has 0 aliphatic rings. The van der Waals surface area contributed by atoms with E-state index in [2.05, 4.69) is 10.3 Å². The Bertz CT molecular complexity index is 698. The van der Waals surface area contributed by atoms with E-state index in [9.17, 15) is 13.2 Å². The van der Waals surface area contributed by atoms with Crippen LogP contribution in [0.15, 0.2) is 30.3 Å².